The first-order valence-corrected chi connectivity index (χ1v) is 5.52. The Morgan fingerprint density at radius 1 is 1.07 bits per heavy atom. The molecular formula is C12H17NO2. The topological polar surface area (TPSA) is 52.5 Å². The standard InChI is InChI=1S/C12H17NO2/c14-12-7-10-5-3-1-2-4-9(10)6-11(12)8-13-15/h6-7,13-15H,1-5,8H2. The van der Waals surface area contributed by atoms with Crippen molar-refractivity contribution in [3.63, 3.8) is 0 Å². The van der Waals surface area contributed by atoms with E-state index in [2.05, 4.69) is 5.48 Å². The summed E-state index contributed by atoms with van der Waals surface area (Å²) in [6, 6.07) is 3.87. The van der Waals surface area contributed by atoms with Crippen LogP contribution in [-0.2, 0) is 19.4 Å². The molecule has 0 aromatic heterocycles. The van der Waals surface area contributed by atoms with E-state index in [1.54, 1.807) is 0 Å². The van der Waals surface area contributed by atoms with Crippen molar-refractivity contribution in [2.45, 2.75) is 38.6 Å². The average molecular weight is 207 g/mol. The molecule has 0 heterocycles. The molecule has 15 heavy (non-hydrogen) atoms. The second kappa shape index (κ2) is 4.64. The summed E-state index contributed by atoms with van der Waals surface area (Å²) in [5.74, 6) is 0.289. The Morgan fingerprint density at radius 3 is 2.40 bits per heavy atom. The van der Waals surface area contributed by atoms with E-state index in [0.717, 1.165) is 18.4 Å². The Labute approximate surface area is 89.7 Å². The van der Waals surface area contributed by atoms with Gasteiger partial charge in [-0.2, -0.15) is 0 Å². The number of phenolic OH excluding ortho intramolecular Hbond substituents is 1. The van der Waals surface area contributed by atoms with E-state index >= 15 is 0 Å². The Hall–Kier alpha value is -1.06. The van der Waals surface area contributed by atoms with Crippen LogP contribution in [0.5, 0.6) is 5.75 Å². The summed E-state index contributed by atoms with van der Waals surface area (Å²) in [6.45, 7) is 0.305. The first-order chi connectivity index (χ1) is 7.31. The lowest BCUT2D eigenvalue weighted by atomic mass is 9.99. The van der Waals surface area contributed by atoms with Crippen LogP contribution in [0.1, 0.15) is 36.0 Å². The maximum Gasteiger partial charge on any atom is 0.120 e. The van der Waals surface area contributed by atoms with E-state index in [4.69, 9.17) is 5.21 Å². The fourth-order valence-electron chi connectivity index (χ4n) is 2.23. The number of nitrogens with one attached hydrogen (secondary N) is 1. The van der Waals surface area contributed by atoms with Gasteiger partial charge in [-0.3, -0.25) is 0 Å². The van der Waals surface area contributed by atoms with E-state index in [1.807, 2.05) is 12.1 Å². The third-order valence-electron chi connectivity index (χ3n) is 3.06. The molecule has 2 rings (SSSR count). The second-order valence-corrected chi connectivity index (χ2v) is 4.15. The summed E-state index contributed by atoms with van der Waals surface area (Å²) >= 11 is 0. The van der Waals surface area contributed by atoms with E-state index in [0.29, 0.717) is 6.54 Å². The van der Waals surface area contributed by atoms with Gasteiger partial charge in [-0.1, -0.05) is 12.5 Å². The Balaban J connectivity index is 2.33. The van der Waals surface area contributed by atoms with Crippen molar-refractivity contribution in [3.8, 4) is 5.75 Å². The Bertz CT molecular complexity index is 350. The lowest BCUT2D eigenvalue weighted by Crippen LogP contribution is -2.07. The monoisotopic (exact) mass is 207 g/mol. The van der Waals surface area contributed by atoms with Gasteiger partial charge in [0.05, 0.1) is 0 Å². The molecule has 0 unspecified atom stereocenters. The van der Waals surface area contributed by atoms with Gasteiger partial charge in [0.25, 0.3) is 0 Å². The lowest BCUT2D eigenvalue weighted by Gasteiger charge is -2.10. The molecule has 0 spiro atoms. The van der Waals surface area contributed by atoms with Crippen LogP contribution in [-0.4, -0.2) is 10.3 Å². The maximum atomic E-state index is 9.74. The highest BCUT2D eigenvalue weighted by molar-refractivity contribution is 5.42. The van der Waals surface area contributed by atoms with E-state index in [1.165, 1.54) is 30.4 Å². The number of hydrogen-bond acceptors (Lipinski definition) is 3. The summed E-state index contributed by atoms with van der Waals surface area (Å²) in [5.41, 5.74) is 5.46. The molecular weight excluding hydrogens is 190 g/mol. The van der Waals surface area contributed by atoms with Crippen molar-refractivity contribution in [1.29, 1.82) is 0 Å². The van der Waals surface area contributed by atoms with Gasteiger partial charge >= 0.3 is 0 Å². The van der Waals surface area contributed by atoms with Crippen LogP contribution in [0.3, 0.4) is 0 Å². The van der Waals surface area contributed by atoms with Gasteiger partial charge in [0.1, 0.15) is 5.75 Å². The highest BCUT2D eigenvalue weighted by Crippen LogP contribution is 2.27. The minimum atomic E-state index is 0.289. The molecule has 0 radical (unpaired) electrons. The molecule has 1 aliphatic rings. The summed E-state index contributed by atoms with van der Waals surface area (Å²) in [4.78, 5) is 0. The molecule has 3 N–H and O–H groups in total. The van der Waals surface area contributed by atoms with Gasteiger partial charge < -0.3 is 10.3 Å². The number of hydroxylamine groups is 1. The highest BCUT2D eigenvalue weighted by Gasteiger charge is 2.11. The van der Waals surface area contributed by atoms with Crippen LogP contribution in [0.15, 0.2) is 12.1 Å². The number of phenols is 1. The summed E-state index contributed by atoms with van der Waals surface area (Å²) in [5, 5.41) is 18.4. The van der Waals surface area contributed by atoms with Crippen LogP contribution in [0.25, 0.3) is 0 Å². The van der Waals surface area contributed by atoms with Crippen LogP contribution < -0.4 is 5.48 Å². The first kappa shape index (κ1) is 10.5. The summed E-state index contributed by atoms with van der Waals surface area (Å²) < 4.78 is 0. The average Bonchev–Trinajstić information content (AvgIpc) is 2.44. The first-order valence-electron chi connectivity index (χ1n) is 5.52. The molecule has 0 fully saturated rings. The zero-order valence-electron chi connectivity index (χ0n) is 8.79. The van der Waals surface area contributed by atoms with E-state index in [-0.39, 0.29) is 5.75 Å². The van der Waals surface area contributed by atoms with Crippen molar-refractivity contribution in [2.24, 2.45) is 0 Å². The zero-order valence-corrected chi connectivity index (χ0v) is 8.79. The highest BCUT2D eigenvalue weighted by atomic mass is 16.5. The van der Waals surface area contributed by atoms with Crippen molar-refractivity contribution in [2.75, 3.05) is 0 Å². The molecule has 0 bridgehead atoms. The minimum Gasteiger partial charge on any atom is -0.508 e. The van der Waals surface area contributed by atoms with Gasteiger partial charge in [-0.25, -0.2) is 5.48 Å². The van der Waals surface area contributed by atoms with Crippen LogP contribution >= 0.6 is 0 Å². The molecule has 1 aliphatic carbocycles. The van der Waals surface area contributed by atoms with Crippen molar-refractivity contribution in [1.82, 2.24) is 5.48 Å². The third-order valence-corrected chi connectivity index (χ3v) is 3.06. The number of benzene rings is 1. The Kier molecular flexibility index (Phi) is 3.23. The number of aromatic hydroxyl groups is 1. The maximum absolute atomic E-state index is 9.74. The number of hydrogen-bond donors (Lipinski definition) is 3. The molecule has 0 amide bonds. The molecule has 3 nitrogen and oxygen atoms in total. The minimum absolute atomic E-state index is 0.289. The molecule has 0 saturated carbocycles. The molecule has 0 saturated heterocycles. The fourth-order valence-corrected chi connectivity index (χ4v) is 2.23. The van der Waals surface area contributed by atoms with Gasteiger partial charge in [-0.05, 0) is 42.9 Å². The number of rotatable bonds is 2. The van der Waals surface area contributed by atoms with Gasteiger partial charge in [-0.15, -0.1) is 0 Å². The quantitative estimate of drug-likeness (QED) is 0.514. The lowest BCUT2D eigenvalue weighted by molar-refractivity contribution is 0.160. The van der Waals surface area contributed by atoms with E-state index < -0.39 is 0 Å². The van der Waals surface area contributed by atoms with Crippen LogP contribution in [0.4, 0.5) is 0 Å². The van der Waals surface area contributed by atoms with Gasteiger partial charge in [0.2, 0.25) is 0 Å². The predicted octanol–water partition coefficient (Wildman–Crippen LogP) is 2.14. The zero-order chi connectivity index (χ0) is 10.7. The normalized spacial score (nSPS) is 15.8. The molecule has 0 aliphatic heterocycles. The van der Waals surface area contributed by atoms with Gasteiger partial charge in [0.15, 0.2) is 0 Å². The number of fused-ring (bicyclic) bond motifs is 1. The van der Waals surface area contributed by atoms with Crippen LogP contribution in [0.2, 0.25) is 0 Å². The van der Waals surface area contributed by atoms with Crippen molar-refractivity contribution >= 4 is 0 Å². The Morgan fingerprint density at radius 2 is 1.73 bits per heavy atom. The van der Waals surface area contributed by atoms with Crippen molar-refractivity contribution in [3.05, 3.63) is 28.8 Å². The summed E-state index contributed by atoms with van der Waals surface area (Å²) in [6.07, 6.45) is 5.86. The molecule has 3 heteroatoms. The van der Waals surface area contributed by atoms with Crippen LogP contribution in [0, 0.1) is 0 Å². The van der Waals surface area contributed by atoms with Gasteiger partial charge in [0, 0.05) is 12.1 Å². The third kappa shape index (κ3) is 2.30. The molecule has 82 valence electrons. The summed E-state index contributed by atoms with van der Waals surface area (Å²) in [7, 11) is 0. The molecule has 0 atom stereocenters. The van der Waals surface area contributed by atoms with Crippen molar-refractivity contribution < 1.29 is 10.3 Å². The van der Waals surface area contributed by atoms with E-state index in [9.17, 15) is 5.11 Å². The fraction of sp³-hybridized carbons (Fsp3) is 0.500. The largest absolute Gasteiger partial charge is 0.508 e. The number of aryl methyl sites for hydroxylation is 2. The SMILES string of the molecule is ONCc1cc2c(cc1O)CCCCC2. The molecule has 1 aromatic carbocycles. The predicted molar refractivity (Wildman–Crippen MR) is 58.0 cm³/mol. The second-order valence-electron chi connectivity index (χ2n) is 4.15. The smallest absolute Gasteiger partial charge is 0.120 e. The molecule has 1 aromatic rings.